The number of nitrogens with zero attached hydrogens (tertiary/aromatic N) is 2. The molecular weight excluding hydrogens is 178 g/mol. The second-order valence-corrected chi connectivity index (χ2v) is 3.68. The highest BCUT2D eigenvalue weighted by molar-refractivity contribution is 4.82. The van der Waals surface area contributed by atoms with Gasteiger partial charge in [-0.15, -0.1) is 0 Å². The van der Waals surface area contributed by atoms with Crippen LogP contribution in [0, 0.1) is 11.3 Å². The Balaban J connectivity index is 2.22. The zero-order valence-electron chi connectivity index (χ0n) is 8.83. The minimum absolute atomic E-state index is 0.502. The standard InChI is InChI=1S/C10H19N3O/c1-14-8-7-13(6-4-11)9-10-3-2-5-12-10/h10,12H,2-3,5-9H2,1H3. The van der Waals surface area contributed by atoms with Gasteiger partial charge in [0.15, 0.2) is 0 Å². The summed E-state index contributed by atoms with van der Waals surface area (Å²) >= 11 is 0. The molecule has 80 valence electrons. The molecule has 0 aromatic carbocycles. The number of methoxy groups -OCH3 is 1. The molecule has 0 spiro atoms. The van der Waals surface area contributed by atoms with Gasteiger partial charge in [-0.3, -0.25) is 4.90 Å². The van der Waals surface area contributed by atoms with Gasteiger partial charge in [-0.05, 0) is 19.4 Å². The minimum Gasteiger partial charge on any atom is -0.383 e. The Hall–Kier alpha value is -0.630. The van der Waals surface area contributed by atoms with Crippen molar-refractivity contribution in [3.05, 3.63) is 0 Å². The molecule has 1 aliphatic rings. The fourth-order valence-electron chi connectivity index (χ4n) is 1.78. The maximum Gasteiger partial charge on any atom is 0.0867 e. The third-order valence-electron chi connectivity index (χ3n) is 2.55. The van der Waals surface area contributed by atoms with E-state index in [9.17, 15) is 0 Å². The third kappa shape index (κ3) is 4.05. The molecule has 0 radical (unpaired) electrons. The maximum absolute atomic E-state index is 8.66. The topological polar surface area (TPSA) is 48.3 Å². The predicted molar refractivity (Wildman–Crippen MR) is 55.0 cm³/mol. The summed E-state index contributed by atoms with van der Waals surface area (Å²) in [5.74, 6) is 0. The van der Waals surface area contributed by atoms with Gasteiger partial charge < -0.3 is 10.1 Å². The quantitative estimate of drug-likeness (QED) is 0.618. The summed E-state index contributed by atoms with van der Waals surface area (Å²) in [4.78, 5) is 2.15. The van der Waals surface area contributed by atoms with Crippen molar-refractivity contribution >= 4 is 0 Å². The van der Waals surface area contributed by atoms with Crippen molar-refractivity contribution in [1.82, 2.24) is 10.2 Å². The van der Waals surface area contributed by atoms with E-state index in [1.54, 1.807) is 7.11 Å². The summed E-state index contributed by atoms with van der Waals surface area (Å²) < 4.78 is 5.01. The molecule has 1 unspecified atom stereocenters. The lowest BCUT2D eigenvalue weighted by Gasteiger charge is -2.22. The van der Waals surface area contributed by atoms with Crippen LogP contribution in [0.2, 0.25) is 0 Å². The van der Waals surface area contributed by atoms with Gasteiger partial charge in [0.25, 0.3) is 0 Å². The molecule has 0 aliphatic carbocycles. The van der Waals surface area contributed by atoms with Gasteiger partial charge >= 0.3 is 0 Å². The fraction of sp³-hybridized carbons (Fsp3) is 0.900. The van der Waals surface area contributed by atoms with Crippen LogP contribution < -0.4 is 5.32 Å². The summed E-state index contributed by atoms with van der Waals surface area (Å²) in [5, 5.41) is 12.1. The molecule has 1 N–H and O–H groups in total. The normalized spacial score (nSPS) is 21.4. The predicted octanol–water partition coefficient (Wildman–Crippen LogP) is 0.210. The molecule has 1 saturated heterocycles. The van der Waals surface area contributed by atoms with Crippen LogP contribution in [0.25, 0.3) is 0 Å². The average molecular weight is 197 g/mol. The summed E-state index contributed by atoms with van der Waals surface area (Å²) in [7, 11) is 1.69. The zero-order valence-corrected chi connectivity index (χ0v) is 8.83. The van der Waals surface area contributed by atoms with Crippen LogP contribution in [0.3, 0.4) is 0 Å². The van der Waals surface area contributed by atoms with Crippen molar-refractivity contribution in [3.8, 4) is 6.07 Å². The fourth-order valence-corrected chi connectivity index (χ4v) is 1.78. The van der Waals surface area contributed by atoms with Crippen LogP contribution in [-0.2, 0) is 4.74 Å². The highest BCUT2D eigenvalue weighted by atomic mass is 16.5. The minimum atomic E-state index is 0.502. The second-order valence-electron chi connectivity index (χ2n) is 3.68. The first kappa shape index (κ1) is 11.4. The highest BCUT2D eigenvalue weighted by Crippen LogP contribution is 2.06. The average Bonchev–Trinajstić information content (AvgIpc) is 2.67. The molecule has 1 aliphatic heterocycles. The van der Waals surface area contributed by atoms with E-state index < -0.39 is 0 Å². The van der Waals surface area contributed by atoms with Gasteiger partial charge in [-0.25, -0.2) is 0 Å². The van der Waals surface area contributed by atoms with E-state index in [0.717, 1.165) is 19.6 Å². The van der Waals surface area contributed by atoms with Gasteiger partial charge in [0.1, 0.15) is 0 Å². The van der Waals surface area contributed by atoms with Gasteiger partial charge in [-0.2, -0.15) is 5.26 Å². The largest absolute Gasteiger partial charge is 0.383 e. The van der Waals surface area contributed by atoms with Gasteiger partial charge in [0.2, 0.25) is 0 Å². The Labute approximate surface area is 85.8 Å². The van der Waals surface area contributed by atoms with E-state index in [2.05, 4.69) is 16.3 Å². The summed E-state index contributed by atoms with van der Waals surface area (Å²) in [6.07, 6.45) is 2.49. The molecule has 1 fully saturated rings. The lowest BCUT2D eigenvalue weighted by atomic mass is 10.2. The SMILES string of the molecule is COCCN(CC#N)CC1CCCN1. The zero-order chi connectivity index (χ0) is 10.2. The lowest BCUT2D eigenvalue weighted by molar-refractivity contribution is 0.150. The third-order valence-corrected chi connectivity index (χ3v) is 2.55. The van der Waals surface area contributed by atoms with Crippen molar-refractivity contribution in [2.45, 2.75) is 18.9 Å². The Morgan fingerprint density at radius 1 is 1.64 bits per heavy atom. The molecule has 0 aromatic rings. The van der Waals surface area contributed by atoms with Crippen LogP contribution in [0.1, 0.15) is 12.8 Å². The van der Waals surface area contributed by atoms with E-state index in [1.807, 2.05) is 0 Å². The van der Waals surface area contributed by atoms with Crippen molar-refractivity contribution in [2.24, 2.45) is 0 Å². The van der Waals surface area contributed by atoms with Crippen molar-refractivity contribution in [3.63, 3.8) is 0 Å². The number of hydrogen-bond donors (Lipinski definition) is 1. The Bertz CT molecular complexity index is 184. The number of rotatable bonds is 6. The second kappa shape index (κ2) is 6.77. The molecule has 1 atom stereocenters. The first-order chi connectivity index (χ1) is 6.86. The smallest absolute Gasteiger partial charge is 0.0867 e. The van der Waals surface area contributed by atoms with Crippen molar-refractivity contribution in [1.29, 1.82) is 5.26 Å². The van der Waals surface area contributed by atoms with Gasteiger partial charge in [0, 0.05) is 26.2 Å². The van der Waals surface area contributed by atoms with E-state index in [0.29, 0.717) is 19.2 Å². The van der Waals surface area contributed by atoms with Crippen LogP contribution in [0.4, 0.5) is 0 Å². The van der Waals surface area contributed by atoms with Crippen molar-refractivity contribution in [2.75, 3.05) is 39.9 Å². The monoisotopic (exact) mass is 197 g/mol. The number of nitriles is 1. The number of ether oxygens (including phenoxy) is 1. The molecule has 1 rings (SSSR count). The van der Waals surface area contributed by atoms with Crippen molar-refractivity contribution < 1.29 is 4.74 Å². The van der Waals surface area contributed by atoms with Crippen LogP contribution >= 0.6 is 0 Å². The van der Waals surface area contributed by atoms with E-state index in [1.165, 1.54) is 12.8 Å². The molecule has 1 heterocycles. The Kier molecular flexibility index (Phi) is 5.53. The molecular formula is C10H19N3O. The maximum atomic E-state index is 8.66. The first-order valence-corrected chi connectivity index (χ1v) is 5.18. The Morgan fingerprint density at radius 2 is 2.50 bits per heavy atom. The molecule has 0 aromatic heterocycles. The lowest BCUT2D eigenvalue weighted by Crippen LogP contribution is -2.39. The first-order valence-electron chi connectivity index (χ1n) is 5.18. The molecule has 0 bridgehead atoms. The van der Waals surface area contributed by atoms with E-state index in [4.69, 9.17) is 10.00 Å². The highest BCUT2D eigenvalue weighted by Gasteiger charge is 2.17. The number of hydrogen-bond acceptors (Lipinski definition) is 4. The Morgan fingerprint density at radius 3 is 3.07 bits per heavy atom. The van der Waals surface area contributed by atoms with Gasteiger partial charge in [0.05, 0.1) is 19.2 Å². The molecule has 0 saturated carbocycles. The molecule has 4 heteroatoms. The van der Waals surface area contributed by atoms with E-state index in [-0.39, 0.29) is 0 Å². The van der Waals surface area contributed by atoms with E-state index >= 15 is 0 Å². The molecule has 0 amide bonds. The number of nitrogens with one attached hydrogen (secondary N) is 1. The molecule has 4 nitrogen and oxygen atoms in total. The summed E-state index contributed by atoms with van der Waals surface area (Å²) in [6, 6.07) is 2.76. The van der Waals surface area contributed by atoms with Crippen LogP contribution in [0.5, 0.6) is 0 Å². The summed E-state index contributed by atoms with van der Waals surface area (Å²) in [5.41, 5.74) is 0. The van der Waals surface area contributed by atoms with Crippen LogP contribution in [0.15, 0.2) is 0 Å². The molecule has 14 heavy (non-hydrogen) atoms. The summed E-state index contributed by atoms with van der Waals surface area (Å²) in [6.45, 7) is 4.14. The van der Waals surface area contributed by atoms with Crippen LogP contribution in [-0.4, -0.2) is 50.8 Å². The van der Waals surface area contributed by atoms with Gasteiger partial charge in [-0.1, -0.05) is 0 Å².